The van der Waals surface area contributed by atoms with E-state index in [0.29, 0.717) is 6.42 Å². The molecule has 0 heterocycles. The highest BCUT2D eigenvalue weighted by Crippen LogP contribution is 2.19. The summed E-state index contributed by atoms with van der Waals surface area (Å²) in [6.45, 7) is 4.00. The van der Waals surface area contributed by atoms with Gasteiger partial charge >= 0.3 is 0 Å². The maximum absolute atomic E-state index is 12.3. The van der Waals surface area contributed by atoms with Crippen molar-refractivity contribution in [3.8, 4) is 0 Å². The van der Waals surface area contributed by atoms with Crippen molar-refractivity contribution in [3.63, 3.8) is 0 Å². The fourth-order valence-corrected chi connectivity index (χ4v) is 3.14. The quantitative estimate of drug-likeness (QED) is 0.874. The molecule has 0 spiro atoms. The molecule has 0 aliphatic carbocycles. The first-order valence-corrected chi connectivity index (χ1v) is 9.83. The predicted molar refractivity (Wildman–Crippen MR) is 95.6 cm³/mol. The minimum absolute atomic E-state index is 0.0436. The van der Waals surface area contributed by atoms with Gasteiger partial charge in [0.1, 0.15) is 0 Å². The number of amides is 1. The summed E-state index contributed by atoms with van der Waals surface area (Å²) in [4.78, 5) is 12.5. The van der Waals surface area contributed by atoms with E-state index in [-0.39, 0.29) is 16.8 Å². The molecule has 0 radical (unpaired) electrons. The first-order chi connectivity index (χ1) is 11.3. The zero-order chi connectivity index (χ0) is 17.7. The lowest BCUT2D eigenvalue weighted by molar-refractivity contribution is -0.121. The number of aryl methyl sites for hydroxylation is 1. The highest BCUT2D eigenvalue weighted by molar-refractivity contribution is 7.90. The number of hydrogen-bond donors (Lipinski definition) is 1. The van der Waals surface area contributed by atoms with E-state index in [1.807, 2.05) is 38.1 Å². The van der Waals surface area contributed by atoms with Gasteiger partial charge in [-0.1, -0.05) is 48.9 Å². The second-order valence-corrected chi connectivity index (χ2v) is 8.05. The van der Waals surface area contributed by atoms with Gasteiger partial charge in [-0.25, -0.2) is 8.42 Å². The van der Waals surface area contributed by atoms with Crippen LogP contribution in [0.2, 0.25) is 0 Å². The molecule has 0 bridgehead atoms. The molecule has 0 saturated heterocycles. The van der Waals surface area contributed by atoms with Crippen LogP contribution in [0, 0.1) is 6.92 Å². The Morgan fingerprint density at radius 1 is 1.04 bits per heavy atom. The smallest absolute Gasteiger partial charge is 0.224 e. The Balaban J connectivity index is 2.05. The number of nitrogens with one attached hydrogen (secondary N) is 1. The average molecular weight is 345 g/mol. The molecular formula is C19H23NO3S. The topological polar surface area (TPSA) is 63.2 Å². The maximum atomic E-state index is 12.3. The number of carbonyl (C=O) groups is 1. The first-order valence-electron chi connectivity index (χ1n) is 7.94. The van der Waals surface area contributed by atoms with E-state index < -0.39 is 9.84 Å². The Hall–Kier alpha value is -2.14. The van der Waals surface area contributed by atoms with Gasteiger partial charge in [0.25, 0.3) is 0 Å². The van der Waals surface area contributed by atoms with Gasteiger partial charge in [-0.2, -0.15) is 0 Å². The monoisotopic (exact) mass is 345 g/mol. The average Bonchev–Trinajstić information content (AvgIpc) is 2.54. The highest BCUT2D eigenvalue weighted by atomic mass is 32.2. The molecule has 5 heteroatoms. The summed E-state index contributed by atoms with van der Waals surface area (Å²) >= 11 is 0. The standard InChI is InChI=1S/C19H23NO3S/c1-4-18(16-9-11-17(12-10-16)24(3,22)23)20-19(21)13-15-7-5-14(2)6-8-15/h5-12,18H,4,13H2,1-3H3,(H,20,21)/t18-/m1/s1. The Labute approximate surface area is 143 Å². The van der Waals surface area contributed by atoms with Gasteiger partial charge in [0.05, 0.1) is 17.4 Å². The van der Waals surface area contributed by atoms with E-state index in [1.165, 1.54) is 6.26 Å². The van der Waals surface area contributed by atoms with Crippen molar-refractivity contribution in [2.24, 2.45) is 0 Å². The lowest BCUT2D eigenvalue weighted by Gasteiger charge is -2.18. The van der Waals surface area contributed by atoms with E-state index in [2.05, 4.69) is 5.32 Å². The third-order valence-corrected chi connectivity index (χ3v) is 5.07. The van der Waals surface area contributed by atoms with Crippen LogP contribution in [0.15, 0.2) is 53.4 Å². The lowest BCUT2D eigenvalue weighted by Crippen LogP contribution is -2.29. The minimum Gasteiger partial charge on any atom is -0.349 e. The number of rotatable bonds is 6. The molecule has 2 aromatic rings. The highest BCUT2D eigenvalue weighted by Gasteiger charge is 2.14. The molecule has 0 fully saturated rings. The van der Waals surface area contributed by atoms with Gasteiger partial charge in [0, 0.05) is 6.26 Å². The fourth-order valence-electron chi connectivity index (χ4n) is 2.51. The van der Waals surface area contributed by atoms with Crippen molar-refractivity contribution in [1.29, 1.82) is 0 Å². The van der Waals surface area contributed by atoms with Crippen LogP contribution in [0.4, 0.5) is 0 Å². The zero-order valence-electron chi connectivity index (χ0n) is 14.2. The molecule has 0 aromatic heterocycles. The van der Waals surface area contributed by atoms with Crippen LogP contribution in [0.5, 0.6) is 0 Å². The summed E-state index contributed by atoms with van der Waals surface area (Å²) in [7, 11) is -3.21. The van der Waals surface area contributed by atoms with Crippen molar-refractivity contribution in [1.82, 2.24) is 5.32 Å². The summed E-state index contributed by atoms with van der Waals surface area (Å²) < 4.78 is 23.0. The van der Waals surface area contributed by atoms with Crippen LogP contribution in [-0.2, 0) is 21.1 Å². The molecule has 1 amide bonds. The molecule has 0 aliphatic heterocycles. The summed E-state index contributed by atoms with van der Waals surface area (Å²) in [6, 6.07) is 14.4. The van der Waals surface area contributed by atoms with Crippen molar-refractivity contribution in [2.75, 3.05) is 6.26 Å². The molecule has 0 saturated carbocycles. The van der Waals surface area contributed by atoms with Crippen LogP contribution in [-0.4, -0.2) is 20.6 Å². The van der Waals surface area contributed by atoms with Gasteiger partial charge < -0.3 is 5.32 Å². The van der Waals surface area contributed by atoms with E-state index in [0.717, 1.165) is 23.1 Å². The second-order valence-electron chi connectivity index (χ2n) is 6.03. The van der Waals surface area contributed by atoms with E-state index in [1.54, 1.807) is 24.3 Å². The van der Waals surface area contributed by atoms with E-state index in [4.69, 9.17) is 0 Å². The molecule has 1 N–H and O–H groups in total. The number of benzene rings is 2. The number of sulfone groups is 1. The third kappa shape index (κ3) is 4.93. The SMILES string of the molecule is CC[C@@H](NC(=O)Cc1ccc(C)cc1)c1ccc(S(C)(=O)=O)cc1. The molecule has 128 valence electrons. The Morgan fingerprint density at radius 2 is 1.62 bits per heavy atom. The van der Waals surface area contributed by atoms with E-state index >= 15 is 0 Å². The first kappa shape index (κ1) is 18.2. The predicted octanol–water partition coefficient (Wildman–Crippen LogP) is 3.21. The van der Waals surface area contributed by atoms with Crippen molar-refractivity contribution in [2.45, 2.75) is 37.6 Å². The van der Waals surface area contributed by atoms with Gasteiger partial charge in [-0.3, -0.25) is 4.79 Å². The summed E-state index contributed by atoms with van der Waals surface area (Å²) in [5.74, 6) is -0.0436. The van der Waals surface area contributed by atoms with Crippen LogP contribution < -0.4 is 5.32 Å². The van der Waals surface area contributed by atoms with Crippen molar-refractivity contribution >= 4 is 15.7 Å². The molecule has 4 nitrogen and oxygen atoms in total. The van der Waals surface area contributed by atoms with Crippen molar-refractivity contribution < 1.29 is 13.2 Å². The van der Waals surface area contributed by atoms with Crippen LogP contribution in [0.1, 0.15) is 36.1 Å². The minimum atomic E-state index is -3.21. The van der Waals surface area contributed by atoms with E-state index in [9.17, 15) is 13.2 Å². The second kappa shape index (κ2) is 7.62. The van der Waals surface area contributed by atoms with Gasteiger partial charge in [-0.15, -0.1) is 0 Å². The van der Waals surface area contributed by atoms with Crippen LogP contribution in [0.3, 0.4) is 0 Å². The summed E-state index contributed by atoms with van der Waals surface area (Å²) in [5, 5.41) is 3.02. The van der Waals surface area contributed by atoms with Gasteiger partial charge in [-0.05, 0) is 36.6 Å². The number of carbonyl (C=O) groups excluding carboxylic acids is 1. The fraction of sp³-hybridized carbons (Fsp3) is 0.316. The Bertz CT molecular complexity index is 794. The normalized spacial score (nSPS) is 12.6. The zero-order valence-corrected chi connectivity index (χ0v) is 15.1. The van der Waals surface area contributed by atoms with Crippen molar-refractivity contribution in [3.05, 3.63) is 65.2 Å². The summed E-state index contributed by atoms with van der Waals surface area (Å²) in [5.41, 5.74) is 3.04. The summed E-state index contributed by atoms with van der Waals surface area (Å²) in [6.07, 6.45) is 2.25. The van der Waals surface area contributed by atoms with Crippen LogP contribution in [0.25, 0.3) is 0 Å². The Morgan fingerprint density at radius 3 is 2.12 bits per heavy atom. The van der Waals surface area contributed by atoms with Crippen LogP contribution >= 0.6 is 0 Å². The van der Waals surface area contributed by atoms with Gasteiger partial charge in [0.2, 0.25) is 5.91 Å². The molecule has 0 unspecified atom stereocenters. The molecular weight excluding hydrogens is 322 g/mol. The molecule has 2 aromatic carbocycles. The van der Waals surface area contributed by atoms with Gasteiger partial charge in [0.15, 0.2) is 9.84 Å². The largest absolute Gasteiger partial charge is 0.349 e. The molecule has 2 rings (SSSR count). The molecule has 1 atom stereocenters. The molecule has 24 heavy (non-hydrogen) atoms. The maximum Gasteiger partial charge on any atom is 0.224 e. The Kier molecular flexibility index (Phi) is 5.78. The number of hydrogen-bond acceptors (Lipinski definition) is 3. The molecule has 0 aliphatic rings. The lowest BCUT2D eigenvalue weighted by atomic mass is 10.0. The third-order valence-electron chi connectivity index (χ3n) is 3.94.